The minimum absolute atomic E-state index is 0.0617. The van der Waals surface area contributed by atoms with Gasteiger partial charge in [-0.05, 0) is 6.92 Å². The zero-order valence-corrected chi connectivity index (χ0v) is 8.30. The molecule has 0 N–H and O–H groups in total. The standard InChI is InChI=1S/C9H10N4O2/c1-3-15-9(14)7(2)5-13-6-11-8(4-10)12-13/h6H,2-3,5H2,1H3. The van der Waals surface area contributed by atoms with E-state index in [0.29, 0.717) is 6.61 Å². The quantitative estimate of drug-likeness (QED) is 0.521. The first-order valence-corrected chi connectivity index (χ1v) is 4.31. The molecule has 0 unspecified atom stereocenters. The van der Waals surface area contributed by atoms with E-state index in [1.165, 1.54) is 11.0 Å². The van der Waals surface area contributed by atoms with Crippen molar-refractivity contribution in [2.75, 3.05) is 6.61 Å². The summed E-state index contributed by atoms with van der Waals surface area (Å²) < 4.78 is 6.10. The predicted octanol–water partition coefficient (Wildman–Crippen LogP) is 0.269. The summed E-state index contributed by atoms with van der Waals surface area (Å²) in [4.78, 5) is 14.9. The smallest absolute Gasteiger partial charge is 0.335 e. The second-order valence-electron chi connectivity index (χ2n) is 2.70. The van der Waals surface area contributed by atoms with E-state index in [1.807, 2.05) is 0 Å². The highest BCUT2D eigenvalue weighted by Crippen LogP contribution is 1.99. The summed E-state index contributed by atoms with van der Waals surface area (Å²) in [5, 5.41) is 12.3. The SMILES string of the molecule is C=C(Cn1cnc(C#N)n1)C(=O)OCC. The maximum Gasteiger partial charge on any atom is 0.335 e. The number of carbonyl (C=O) groups is 1. The van der Waals surface area contributed by atoms with Gasteiger partial charge in [0.1, 0.15) is 12.4 Å². The number of aromatic nitrogens is 3. The van der Waals surface area contributed by atoms with Gasteiger partial charge in [-0.2, -0.15) is 5.26 Å². The Morgan fingerprint density at radius 1 is 1.80 bits per heavy atom. The zero-order valence-electron chi connectivity index (χ0n) is 8.30. The van der Waals surface area contributed by atoms with Gasteiger partial charge >= 0.3 is 5.97 Å². The first-order valence-electron chi connectivity index (χ1n) is 4.31. The fourth-order valence-electron chi connectivity index (χ4n) is 0.915. The number of hydrogen-bond donors (Lipinski definition) is 0. The normalized spacial score (nSPS) is 9.33. The van der Waals surface area contributed by atoms with E-state index in [1.54, 1.807) is 13.0 Å². The highest BCUT2D eigenvalue weighted by atomic mass is 16.5. The number of nitrogens with zero attached hydrogens (tertiary/aromatic N) is 4. The molecule has 1 heterocycles. The first kappa shape index (κ1) is 10.9. The fourth-order valence-corrected chi connectivity index (χ4v) is 0.915. The highest BCUT2D eigenvalue weighted by molar-refractivity contribution is 5.87. The molecular formula is C9H10N4O2. The van der Waals surface area contributed by atoms with E-state index in [2.05, 4.69) is 16.7 Å². The van der Waals surface area contributed by atoms with Gasteiger partial charge in [-0.1, -0.05) is 6.58 Å². The van der Waals surface area contributed by atoms with E-state index < -0.39 is 5.97 Å². The van der Waals surface area contributed by atoms with Crippen LogP contribution in [0.5, 0.6) is 0 Å². The average Bonchev–Trinajstić information content (AvgIpc) is 2.66. The Morgan fingerprint density at radius 2 is 2.53 bits per heavy atom. The van der Waals surface area contributed by atoms with Crippen molar-refractivity contribution in [2.45, 2.75) is 13.5 Å². The fraction of sp³-hybridized carbons (Fsp3) is 0.333. The summed E-state index contributed by atoms with van der Waals surface area (Å²) in [6, 6.07) is 1.79. The number of rotatable bonds is 4. The topological polar surface area (TPSA) is 80.8 Å². The van der Waals surface area contributed by atoms with Gasteiger partial charge in [-0.25, -0.2) is 14.5 Å². The van der Waals surface area contributed by atoms with Crippen LogP contribution >= 0.6 is 0 Å². The monoisotopic (exact) mass is 206 g/mol. The molecule has 0 amide bonds. The van der Waals surface area contributed by atoms with Gasteiger partial charge in [0, 0.05) is 0 Å². The molecule has 1 aromatic heterocycles. The number of hydrogen-bond acceptors (Lipinski definition) is 5. The summed E-state index contributed by atoms with van der Waals surface area (Å²) in [6.45, 7) is 5.75. The van der Waals surface area contributed by atoms with Crippen LogP contribution in [0.4, 0.5) is 0 Å². The van der Waals surface area contributed by atoms with Crippen molar-refractivity contribution in [2.24, 2.45) is 0 Å². The van der Waals surface area contributed by atoms with E-state index in [0.717, 1.165) is 0 Å². The van der Waals surface area contributed by atoms with Crippen LogP contribution in [-0.2, 0) is 16.1 Å². The van der Waals surface area contributed by atoms with Gasteiger partial charge in [0.25, 0.3) is 5.82 Å². The minimum Gasteiger partial charge on any atom is -0.463 e. The van der Waals surface area contributed by atoms with Crippen molar-refractivity contribution >= 4 is 5.97 Å². The van der Waals surface area contributed by atoms with E-state index in [4.69, 9.17) is 10.00 Å². The summed E-state index contributed by atoms with van der Waals surface area (Å²) >= 11 is 0. The summed E-state index contributed by atoms with van der Waals surface area (Å²) in [7, 11) is 0. The Bertz CT molecular complexity index is 416. The minimum atomic E-state index is -0.466. The Morgan fingerprint density at radius 3 is 3.07 bits per heavy atom. The molecule has 0 bridgehead atoms. The highest BCUT2D eigenvalue weighted by Gasteiger charge is 2.09. The van der Waals surface area contributed by atoms with Crippen LogP contribution in [0.15, 0.2) is 18.5 Å². The first-order chi connectivity index (χ1) is 7.17. The maximum absolute atomic E-state index is 11.2. The molecule has 0 saturated heterocycles. The summed E-state index contributed by atoms with van der Waals surface area (Å²) in [5.74, 6) is -0.404. The van der Waals surface area contributed by atoms with Gasteiger partial charge < -0.3 is 4.74 Å². The van der Waals surface area contributed by atoms with E-state index in [-0.39, 0.29) is 17.9 Å². The second kappa shape index (κ2) is 4.91. The molecule has 0 radical (unpaired) electrons. The maximum atomic E-state index is 11.2. The Balaban J connectivity index is 2.59. The van der Waals surface area contributed by atoms with Crippen molar-refractivity contribution in [3.63, 3.8) is 0 Å². The molecular weight excluding hydrogens is 196 g/mol. The van der Waals surface area contributed by atoms with Gasteiger partial charge in [0.05, 0.1) is 18.7 Å². The number of ether oxygens (including phenoxy) is 1. The van der Waals surface area contributed by atoms with Crippen LogP contribution in [0.2, 0.25) is 0 Å². The molecule has 0 aliphatic carbocycles. The molecule has 78 valence electrons. The largest absolute Gasteiger partial charge is 0.463 e. The van der Waals surface area contributed by atoms with Crippen LogP contribution in [0.1, 0.15) is 12.7 Å². The van der Waals surface area contributed by atoms with Crippen LogP contribution in [-0.4, -0.2) is 27.3 Å². The Labute approximate surface area is 86.8 Å². The van der Waals surface area contributed by atoms with Crippen molar-refractivity contribution in [1.82, 2.24) is 14.8 Å². The van der Waals surface area contributed by atoms with Gasteiger partial charge in [0.2, 0.25) is 0 Å². The molecule has 0 saturated carbocycles. The van der Waals surface area contributed by atoms with Crippen LogP contribution in [0.3, 0.4) is 0 Å². The van der Waals surface area contributed by atoms with Crippen LogP contribution < -0.4 is 0 Å². The molecule has 1 aromatic rings. The average molecular weight is 206 g/mol. The molecule has 6 heteroatoms. The molecule has 0 atom stereocenters. The van der Waals surface area contributed by atoms with Crippen molar-refractivity contribution in [3.8, 4) is 6.07 Å². The van der Waals surface area contributed by atoms with E-state index in [9.17, 15) is 4.79 Å². The van der Waals surface area contributed by atoms with Crippen molar-refractivity contribution in [1.29, 1.82) is 5.26 Å². The van der Waals surface area contributed by atoms with Crippen LogP contribution in [0, 0.1) is 11.3 Å². The Hall–Kier alpha value is -2.16. The van der Waals surface area contributed by atoms with Gasteiger partial charge in [-0.3, -0.25) is 0 Å². The molecule has 15 heavy (non-hydrogen) atoms. The van der Waals surface area contributed by atoms with Gasteiger partial charge in [0.15, 0.2) is 0 Å². The lowest BCUT2D eigenvalue weighted by atomic mass is 10.3. The molecule has 0 aliphatic heterocycles. The lowest BCUT2D eigenvalue weighted by molar-refractivity contribution is -0.138. The van der Waals surface area contributed by atoms with Gasteiger partial charge in [-0.15, -0.1) is 5.10 Å². The Kier molecular flexibility index (Phi) is 3.57. The number of esters is 1. The number of carbonyl (C=O) groups excluding carboxylic acids is 1. The lowest BCUT2D eigenvalue weighted by Crippen LogP contribution is -2.12. The van der Waals surface area contributed by atoms with Crippen molar-refractivity contribution < 1.29 is 9.53 Å². The molecule has 0 aromatic carbocycles. The molecule has 6 nitrogen and oxygen atoms in total. The molecule has 1 rings (SSSR count). The van der Waals surface area contributed by atoms with E-state index >= 15 is 0 Å². The summed E-state index contributed by atoms with van der Waals surface area (Å²) in [5.41, 5.74) is 0.270. The third-order valence-electron chi connectivity index (χ3n) is 1.55. The zero-order chi connectivity index (χ0) is 11.3. The molecule has 0 spiro atoms. The van der Waals surface area contributed by atoms with Crippen LogP contribution in [0.25, 0.3) is 0 Å². The molecule has 0 aliphatic rings. The second-order valence-corrected chi connectivity index (χ2v) is 2.70. The summed E-state index contributed by atoms with van der Waals surface area (Å²) in [6.07, 6.45) is 1.36. The third kappa shape index (κ3) is 2.91. The predicted molar refractivity (Wildman–Crippen MR) is 50.5 cm³/mol. The third-order valence-corrected chi connectivity index (χ3v) is 1.55. The molecule has 0 fully saturated rings. The number of nitriles is 1. The lowest BCUT2D eigenvalue weighted by Gasteiger charge is -2.03. The van der Waals surface area contributed by atoms with Crippen molar-refractivity contribution in [3.05, 3.63) is 24.3 Å².